The van der Waals surface area contributed by atoms with Gasteiger partial charge in [0.25, 0.3) is 10.0 Å². The molecule has 1 aromatic rings. The SMILES string of the molecule is CC(C)N(CCNS(=O)(=O)c1nnc(N)s1)C(C)C. The third-order valence-electron chi connectivity index (χ3n) is 2.64. The smallest absolute Gasteiger partial charge is 0.269 e. The van der Waals surface area contributed by atoms with E-state index in [2.05, 4.69) is 47.5 Å². The molecule has 0 spiro atoms. The van der Waals surface area contributed by atoms with Gasteiger partial charge in [-0.1, -0.05) is 11.3 Å². The molecule has 0 amide bonds. The largest absolute Gasteiger partial charge is 0.374 e. The number of hydrogen-bond donors (Lipinski definition) is 2. The maximum Gasteiger partial charge on any atom is 0.269 e. The molecule has 7 nitrogen and oxygen atoms in total. The monoisotopic (exact) mass is 307 g/mol. The van der Waals surface area contributed by atoms with Crippen molar-refractivity contribution in [3.63, 3.8) is 0 Å². The first-order valence-corrected chi connectivity index (χ1v) is 8.38. The van der Waals surface area contributed by atoms with Crippen LogP contribution in [-0.4, -0.2) is 48.7 Å². The normalized spacial score (nSPS) is 12.8. The van der Waals surface area contributed by atoms with Crippen LogP contribution in [0.2, 0.25) is 0 Å². The van der Waals surface area contributed by atoms with E-state index in [0.717, 1.165) is 11.3 Å². The number of nitrogen functional groups attached to an aromatic ring is 1. The van der Waals surface area contributed by atoms with Gasteiger partial charge >= 0.3 is 0 Å². The first kappa shape index (κ1) is 16.3. The first-order valence-electron chi connectivity index (χ1n) is 6.08. The lowest BCUT2D eigenvalue weighted by molar-refractivity contribution is 0.179. The van der Waals surface area contributed by atoms with Gasteiger partial charge in [-0.25, -0.2) is 13.1 Å². The Morgan fingerprint density at radius 1 is 1.26 bits per heavy atom. The zero-order chi connectivity index (χ0) is 14.6. The van der Waals surface area contributed by atoms with Crippen LogP contribution < -0.4 is 10.5 Å². The van der Waals surface area contributed by atoms with E-state index >= 15 is 0 Å². The summed E-state index contributed by atoms with van der Waals surface area (Å²) in [5.41, 5.74) is 5.38. The lowest BCUT2D eigenvalue weighted by Crippen LogP contribution is -2.42. The number of nitrogens with one attached hydrogen (secondary N) is 1. The van der Waals surface area contributed by atoms with Crippen LogP contribution in [0.1, 0.15) is 27.7 Å². The molecule has 0 unspecified atom stereocenters. The molecular weight excluding hydrogens is 286 g/mol. The summed E-state index contributed by atoms with van der Waals surface area (Å²) < 4.78 is 26.2. The minimum Gasteiger partial charge on any atom is -0.374 e. The van der Waals surface area contributed by atoms with Crippen molar-refractivity contribution in [3.8, 4) is 0 Å². The standard InChI is InChI=1S/C10H21N5O2S2/c1-7(2)15(8(3)4)6-5-12-19(16,17)10-14-13-9(11)18-10/h7-8,12H,5-6H2,1-4H3,(H2,11,13). The fourth-order valence-corrected chi connectivity index (χ4v) is 3.66. The molecule has 9 heteroatoms. The Hall–Kier alpha value is -0.770. The molecule has 0 saturated carbocycles. The highest BCUT2D eigenvalue weighted by Crippen LogP contribution is 2.16. The highest BCUT2D eigenvalue weighted by atomic mass is 32.2. The second-order valence-electron chi connectivity index (χ2n) is 4.73. The van der Waals surface area contributed by atoms with E-state index in [1.807, 2.05) is 0 Å². The topological polar surface area (TPSA) is 101 Å². The average Bonchev–Trinajstić information content (AvgIpc) is 2.71. The molecule has 1 rings (SSSR count). The Morgan fingerprint density at radius 2 is 1.84 bits per heavy atom. The molecule has 0 saturated heterocycles. The molecule has 0 aliphatic carbocycles. The average molecular weight is 307 g/mol. The summed E-state index contributed by atoms with van der Waals surface area (Å²) in [4.78, 5) is 2.21. The van der Waals surface area contributed by atoms with Gasteiger partial charge in [0.15, 0.2) is 0 Å². The quantitative estimate of drug-likeness (QED) is 0.761. The van der Waals surface area contributed by atoms with Crippen molar-refractivity contribution in [3.05, 3.63) is 0 Å². The van der Waals surface area contributed by atoms with E-state index in [0.29, 0.717) is 25.2 Å². The summed E-state index contributed by atoms with van der Waals surface area (Å²) >= 11 is 0.858. The molecule has 0 bridgehead atoms. The molecule has 1 aromatic heterocycles. The Morgan fingerprint density at radius 3 is 2.26 bits per heavy atom. The van der Waals surface area contributed by atoms with Crippen LogP contribution in [0, 0.1) is 0 Å². The third-order valence-corrected chi connectivity index (χ3v) is 5.22. The molecule has 0 radical (unpaired) electrons. The summed E-state index contributed by atoms with van der Waals surface area (Å²) in [7, 11) is -3.60. The summed E-state index contributed by atoms with van der Waals surface area (Å²) in [6.07, 6.45) is 0. The molecule has 110 valence electrons. The van der Waals surface area contributed by atoms with Crippen LogP contribution >= 0.6 is 11.3 Å². The molecule has 0 atom stereocenters. The lowest BCUT2D eigenvalue weighted by Gasteiger charge is -2.30. The number of nitrogens with two attached hydrogens (primary N) is 1. The highest BCUT2D eigenvalue weighted by molar-refractivity contribution is 7.91. The van der Waals surface area contributed by atoms with Crippen molar-refractivity contribution in [1.82, 2.24) is 19.8 Å². The molecule has 0 aliphatic heterocycles. The van der Waals surface area contributed by atoms with Crippen LogP contribution in [0.5, 0.6) is 0 Å². The van der Waals surface area contributed by atoms with Crippen LogP contribution in [-0.2, 0) is 10.0 Å². The fraction of sp³-hybridized carbons (Fsp3) is 0.800. The minimum absolute atomic E-state index is 0.0920. The summed E-state index contributed by atoms with van der Waals surface area (Å²) in [5.74, 6) is 0. The van der Waals surface area contributed by atoms with Crippen molar-refractivity contribution in [1.29, 1.82) is 0 Å². The minimum atomic E-state index is -3.60. The van der Waals surface area contributed by atoms with E-state index in [4.69, 9.17) is 5.73 Å². The predicted molar refractivity (Wildman–Crippen MR) is 76.5 cm³/mol. The van der Waals surface area contributed by atoms with Crippen LogP contribution in [0.15, 0.2) is 4.34 Å². The molecular formula is C10H21N5O2S2. The number of nitrogens with zero attached hydrogens (tertiary/aromatic N) is 3. The van der Waals surface area contributed by atoms with Gasteiger partial charge in [-0.15, -0.1) is 10.2 Å². The van der Waals surface area contributed by atoms with Gasteiger partial charge in [0.1, 0.15) is 0 Å². The first-order chi connectivity index (χ1) is 8.74. The zero-order valence-electron chi connectivity index (χ0n) is 11.6. The second-order valence-corrected chi connectivity index (χ2v) is 7.68. The maximum absolute atomic E-state index is 11.9. The maximum atomic E-state index is 11.9. The number of aromatic nitrogens is 2. The van der Waals surface area contributed by atoms with Gasteiger partial charge in [0, 0.05) is 25.2 Å². The zero-order valence-corrected chi connectivity index (χ0v) is 13.3. The Bertz CT molecular complexity index is 490. The number of sulfonamides is 1. The van der Waals surface area contributed by atoms with Gasteiger partial charge in [-0.2, -0.15) is 0 Å². The Labute approximate surface area is 118 Å². The van der Waals surface area contributed by atoms with Crippen LogP contribution in [0.4, 0.5) is 5.13 Å². The van der Waals surface area contributed by atoms with Gasteiger partial charge in [0.2, 0.25) is 9.47 Å². The van der Waals surface area contributed by atoms with Gasteiger partial charge in [0.05, 0.1) is 0 Å². The number of anilines is 1. The highest BCUT2D eigenvalue weighted by Gasteiger charge is 2.20. The third kappa shape index (κ3) is 4.68. The van der Waals surface area contributed by atoms with Gasteiger partial charge in [-0.05, 0) is 27.7 Å². The van der Waals surface area contributed by atoms with Crippen molar-refractivity contribution in [2.75, 3.05) is 18.8 Å². The number of rotatable bonds is 7. The van der Waals surface area contributed by atoms with Crippen LogP contribution in [0.3, 0.4) is 0 Å². The Kier molecular flexibility index (Phi) is 5.65. The van der Waals surface area contributed by atoms with E-state index in [9.17, 15) is 8.42 Å². The molecule has 0 aliphatic rings. The van der Waals surface area contributed by atoms with Crippen molar-refractivity contribution in [2.24, 2.45) is 0 Å². The molecule has 19 heavy (non-hydrogen) atoms. The van der Waals surface area contributed by atoms with E-state index < -0.39 is 10.0 Å². The van der Waals surface area contributed by atoms with Crippen molar-refractivity contribution in [2.45, 2.75) is 44.1 Å². The molecule has 3 N–H and O–H groups in total. The van der Waals surface area contributed by atoms with Crippen molar-refractivity contribution >= 4 is 26.5 Å². The summed E-state index contributed by atoms with van der Waals surface area (Å²) in [6, 6.07) is 0.725. The molecule has 0 fully saturated rings. The molecule has 1 heterocycles. The van der Waals surface area contributed by atoms with E-state index in [-0.39, 0.29) is 9.47 Å². The summed E-state index contributed by atoms with van der Waals surface area (Å²) in [5, 5.41) is 7.18. The predicted octanol–water partition coefficient (Wildman–Crippen LogP) is 0.517. The van der Waals surface area contributed by atoms with E-state index in [1.54, 1.807) is 0 Å². The van der Waals surface area contributed by atoms with Gasteiger partial charge in [-0.3, -0.25) is 4.90 Å². The van der Waals surface area contributed by atoms with Crippen molar-refractivity contribution < 1.29 is 8.42 Å². The number of hydrogen-bond acceptors (Lipinski definition) is 7. The molecule has 0 aromatic carbocycles. The second kappa shape index (κ2) is 6.60. The van der Waals surface area contributed by atoms with E-state index in [1.165, 1.54) is 0 Å². The summed E-state index contributed by atoms with van der Waals surface area (Å²) in [6.45, 7) is 9.31. The van der Waals surface area contributed by atoms with Crippen LogP contribution in [0.25, 0.3) is 0 Å². The lowest BCUT2D eigenvalue weighted by atomic mass is 10.2. The fourth-order valence-electron chi connectivity index (χ4n) is 1.81. The van der Waals surface area contributed by atoms with Gasteiger partial charge < -0.3 is 5.73 Å². The Balaban J connectivity index is 2.57.